The number of methoxy groups -OCH3 is 1. The largest absolute Gasteiger partial charge is 0.383 e. The highest BCUT2D eigenvalue weighted by Crippen LogP contribution is 2.24. The summed E-state index contributed by atoms with van der Waals surface area (Å²) >= 11 is 0. The molecule has 0 saturated carbocycles. The number of nitrogens with zero attached hydrogens (tertiary/aromatic N) is 2. The number of aryl methyl sites for hydroxylation is 1. The summed E-state index contributed by atoms with van der Waals surface area (Å²) in [5, 5.41) is 3.29. The molecule has 0 saturated heterocycles. The number of benzene rings is 1. The van der Waals surface area contributed by atoms with E-state index in [0.717, 1.165) is 12.5 Å². The Labute approximate surface area is 114 Å². The fraction of sp³-hybridized carbons (Fsp3) is 0.400. The molecule has 0 amide bonds. The van der Waals surface area contributed by atoms with Crippen molar-refractivity contribution in [2.75, 3.05) is 25.6 Å². The van der Waals surface area contributed by atoms with Crippen LogP contribution in [0.15, 0.2) is 36.7 Å². The minimum Gasteiger partial charge on any atom is -0.383 e. The maximum atomic E-state index is 5.04. The lowest BCUT2D eigenvalue weighted by Gasteiger charge is -2.19. The van der Waals surface area contributed by atoms with Crippen LogP contribution in [0.3, 0.4) is 0 Å². The van der Waals surface area contributed by atoms with Crippen LogP contribution in [0.1, 0.15) is 24.1 Å². The molecule has 0 aliphatic heterocycles. The van der Waals surface area contributed by atoms with Gasteiger partial charge in [0.15, 0.2) is 0 Å². The van der Waals surface area contributed by atoms with E-state index in [4.69, 9.17) is 4.74 Å². The molecule has 102 valence electrons. The fourth-order valence-corrected chi connectivity index (χ4v) is 2.23. The molecule has 0 fully saturated rings. The number of imidazole rings is 1. The highest BCUT2D eigenvalue weighted by molar-refractivity contribution is 5.34. The Morgan fingerprint density at radius 3 is 2.89 bits per heavy atom. The first-order valence-electron chi connectivity index (χ1n) is 6.55. The summed E-state index contributed by atoms with van der Waals surface area (Å²) in [5.74, 6) is 0.882. The van der Waals surface area contributed by atoms with Gasteiger partial charge in [-0.2, -0.15) is 0 Å². The van der Waals surface area contributed by atoms with Crippen LogP contribution < -0.4 is 5.32 Å². The lowest BCUT2D eigenvalue weighted by atomic mass is 10.0. The zero-order valence-corrected chi connectivity index (χ0v) is 11.8. The monoisotopic (exact) mass is 259 g/mol. The second-order valence-corrected chi connectivity index (χ2v) is 4.61. The Balaban J connectivity index is 2.18. The molecule has 4 heteroatoms. The topological polar surface area (TPSA) is 39.1 Å². The summed E-state index contributed by atoms with van der Waals surface area (Å²) in [7, 11) is 1.70. The van der Waals surface area contributed by atoms with Crippen LogP contribution in [0.25, 0.3) is 0 Å². The van der Waals surface area contributed by atoms with Crippen molar-refractivity contribution < 1.29 is 4.74 Å². The molecule has 0 radical (unpaired) electrons. The highest BCUT2D eigenvalue weighted by atomic mass is 16.5. The number of ether oxygens (including phenoxy) is 1. The van der Waals surface area contributed by atoms with Crippen LogP contribution in [0, 0.1) is 6.92 Å². The van der Waals surface area contributed by atoms with E-state index in [0.29, 0.717) is 6.61 Å². The molecule has 0 bridgehead atoms. The quantitative estimate of drug-likeness (QED) is 0.811. The van der Waals surface area contributed by atoms with Gasteiger partial charge in [-0.25, -0.2) is 4.98 Å². The predicted molar refractivity (Wildman–Crippen MR) is 77.6 cm³/mol. The summed E-state index contributed by atoms with van der Waals surface area (Å²) in [6.45, 7) is 5.76. The number of hydrogen-bond donors (Lipinski definition) is 1. The van der Waals surface area contributed by atoms with Gasteiger partial charge in [-0.15, -0.1) is 0 Å². The van der Waals surface area contributed by atoms with Crippen LogP contribution in [-0.4, -0.2) is 29.8 Å². The van der Waals surface area contributed by atoms with Crippen molar-refractivity contribution in [3.8, 4) is 0 Å². The first kappa shape index (κ1) is 13.6. The zero-order chi connectivity index (χ0) is 13.7. The molecule has 0 aliphatic rings. The van der Waals surface area contributed by atoms with Gasteiger partial charge in [0.1, 0.15) is 0 Å². The third kappa shape index (κ3) is 3.15. The van der Waals surface area contributed by atoms with Gasteiger partial charge in [-0.1, -0.05) is 24.3 Å². The van der Waals surface area contributed by atoms with Gasteiger partial charge >= 0.3 is 0 Å². The Hall–Kier alpha value is -1.81. The molecule has 2 aromatic rings. The smallest absolute Gasteiger partial charge is 0.203 e. The van der Waals surface area contributed by atoms with Crippen LogP contribution in [0.4, 0.5) is 5.95 Å². The summed E-state index contributed by atoms with van der Waals surface area (Å²) in [6.07, 6.45) is 3.83. The van der Waals surface area contributed by atoms with Gasteiger partial charge in [-0.3, -0.25) is 0 Å². The van der Waals surface area contributed by atoms with Gasteiger partial charge in [0.2, 0.25) is 5.95 Å². The van der Waals surface area contributed by atoms with E-state index in [1.54, 1.807) is 7.11 Å². The third-order valence-electron chi connectivity index (χ3n) is 3.31. The van der Waals surface area contributed by atoms with Crippen molar-refractivity contribution in [2.24, 2.45) is 0 Å². The average Bonchev–Trinajstić information content (AvgIpc) is 2.87. The Morgan fingerprint density at radius 2 is 2.16 bits per heavy atom. The van der Waals surface area contributed by atoms with Crippen LogP contribution in [0.2, 0.25) is 0 Å². The SMILES string of the molecule is COCCNc1nccn1C(C)c1ccccc1C. The summed E-state index contributed by atoms with van der Waals surface area (Å²) in [4.78, 5) is 4.36. The molecule has 1 N–H and O–H groups in total. The van der Waals surface area contributed by atoms with E-state index in [1.807, 2.05) is 12.4 Å². The summed E-state index contributed by atoms with van der Waals surface area (Å²) < 4.78 is 7.20. The average molecular weight is 259 g/mol. The molecule has 1 aromatic carbocycles. The van der Waals surface area contributed by atoms with E-state index < -0.39 is 0 Å². The zero-order valence-electron chi connectivity index (χ0n) is 11.8. The number of aromatic nitrogens is 2. The molecule has 1 unspecified atom stereocenters. The van der Waals surface area contributed by atoms with Crippen molar-refractivity contribution in [2.45, 2.75) is 19.9 Å². The second-order valence-electron chi connectivity index (χ2n) is 4.61. The predicted octanol–water partition coefficient (Wildman–Crippen LogP) is 2.86. The molecule has 2 rings (SSSR count). The Bertz CT molecular complexity index is 522. The molecule has 0 aliphatic carbocycles. The van der Waals surface area contributed by atoms with Crippen molar-refractivity contribution in [3.63, 3.8) is 0 Å². The normalized spacial score (nSPS) is 12.4. The third-order valence-corrected chi connectivity index (χ3v) is 3.31. The van der Waals surface area contributed by atoms with E-state index in [9.17, 15) is 0 Å². The van der Waals surface area contributed by atoms with E-state index in [-0.39, 0.29) is 6.04 Å². The van der Waals surface area contributed by atoms with Crippen LogP contribution in [-0.2, 0) is 4.74 Å². The number of nitrogens with one attached hydrogen (secondary N) is 1. The molecule has 0 spiro atoms. The Kier molecular flexibility index (Phi) is 4.58. The maximum Gasteiger partial charge on any atom is 0.203 e. The molecular weight excluding hydrogens is 238 g/mol. The van der Waals surface area contributed by atoms with Gasteiger partial charge in [0.05, 0.1) is 12.6 Å². The number of hydrogen-bond acceptors (Lipinski definition) is 3. The molecule has 4 nitrogen and oxygen atoms in total. The first-order chi connectivity index (χ1) is 9.24. The lowest BCUT2D eigenvalue weighted by molar-refractivity contribution is 0.210. The van der Waals surface area contributed by atoms with Gasteiger partial charge < -0.3 is 14.6 Å². The van der Waals surface area contributed by atoms with Crippen LogP contribution in [0.5, 0.6) is 0 Å². The van der Waals surface area contributed by atoms with Crippen molar-refractivity contribution in [3.05, 3.63) is 47.8 Å². The van der Waals surface area contributed by atoms with Crippen molar-refractivity contribution >= 4 is 5.95 Å². The number of anilines is 1. The van der Waals surface area contributed by atoms with Gasteiger partial charge in [0, 0.05) is 26.0 Å². The van der Waals surface area contributed by atoms with Crippen LogP contribution >= 0.6 is 0 Å². The van der Waals surface area contributed by atoms with Gasteiger partial charge in [0.25, 0.3) is 0 Å². The molecular formula is C15H21N3O. The molecule has 1 heterocycles. The highest BCUT2D eigenvalue weighted by Gasteiger charge is 2.13. The van der Waals surface area contributed by atoms with E-state index >= 15 is 0 Å². The van der Waals surface area contributed by atoms with E-state index in [2.05, 4.69) is 53.0 Å². The van der Waals surface area contributed by atoms with Crippen molar-refractivity contribution in [1.29, 1.82) is 0 Å². The minimum atomic E-state index is 0.258. The number of rotatable bonds is 6. The standard InChI is InChI=1S/C15H21N3O/c1-12-6-4-5-7-14(12)13(2)18-10-8-16-15(18)17-9-11-19-3/h4-8,10,13H,9,11H2,1-3H3,(H,16,17). The van der Waals surface area contributed by atoms with Gasteiger partial charge in [-0.05, 0) is 25.0 Å². The Morgan fingerprint density at radius 1 is 1.37 bits per heavy atom. The van der Waals surface area contributed by atoms with E-state index in [1.165, 1.54) is 11.1 Å². The fourth-order valence-electron chi connectivity index (χ4n) is 2.23. The minimum absolute atomic E-state index is 0.258. The lowest BCUT2D eigenvalue weighted by Crippen LogP contribution is -2.15. The first-order valence-corrected chi connectivity index (χ1v) is 6.55. The van der Waals surface area contributed by atoms with Crippen molar-refractivity contribution in [1.82, 2.24) is 9.55 Å². The molecule has 1 atom stereocenters. The summed E-state index contributed by atoms with van der Waals surface area (Å²) in [5.41, 5.74) is 2.61. The molecule has 1 aromatic heterocycles. The summed E-state index contributed by atoms with van der Waals surface area (Å²) in [6, 6.07) is 8.71. The molecule has 19 heavy (non-hydrogen) atoms. The second kappa shape index (κ2) is 6.38. The maximum absolute atomic E-state index is 5.04.